The van der Waals surface area contributed by atoms with E-state index < -0.39 is 0 Å². The first-order valence-electron chi connectivity index (χ1n) is 4.40. The first-order chi connectivity index (χ1) is 6.33. The fraction of sp³-hybridized carbons (Fsp3) is 0.250. The van der Waals surface area contributed by atoms with Gasteiger partial charge < -0.3 is 0 Å². The Balaban J connectivity index is 2.47. The molecule has 0 aliphatic heterocycles. The van der Waals surface area contributed by atoms with Crippen LogP contribution in [0.25, 0.3) is 0 Å². The normalized spacial score (nSPS) is 9.08. The third kappa shape index (κ3) is 4.01. The van der Waals surface area contributed by atoms with Crippen molar-refractivity contribution >= 4 is 11.6 Å². The van der Waals surface area contributed by atoms with Crippen LogP contribution in [-0.2, 0) is 0 Å². The van der Waals surface area contributed by atoms with E-state index in [1.807, 2.05) is 30.7 Å². The van der Waals surface area contributed by atoms with Gasteiger partial charge in [-0.15, -0.1) is 5.92 Å². The van der Waals surface area contributed by atoms with Crippen LogP contribution in [0.3, 0.4) is 0 Å². The van der Waals surface area contributed by atoms with Crippen LogP contribution in [0.2, 0.25) is 5.02 Å². The molecule has 0 fully saturated rings. The fourth-order valence-electron chi connectivity index (χ4n) is 0.891. The lowest BCUT2D eigenvalue weighted by Gasteiger charge is -1.93. The minimum Gasteiger partial charge on any atom is -0.103 e. The number of unbranched alkanes of at least 4 members (excludes halogenated alkanes) is 1. The minimum atomic E-state index is 0.763. The van der Waals surface area contributed by atoms with Crippen LogP contribution in [0.5, 0.6) is 0 Å². The van der Waals surface area contributed by atoms with Crippen LogP contribution in [0, 0.1) is 18.3 Å². The van der Waals surface area contributed by atoms with Crippen LogP contribution in [0.1, 0.15) is 25.3 Å². The largest absolute Gasteiger partial charge is 0.103 e. The quantitative estimate of drug-likeness (QED) is 0.626. The summed E-state index contributed by atoms with van der Waals surface area (Å²) >= 11 is 5.75. The highest BCUT2D eigenvalue weighted by Crippen LogP contribution is 2.10. The van der Waals surface area contributed by atoms with E-state index >= 15 is 0 Å². The predicted molar refractivity (Wildman–Crippen MR) is 57.5 cm³/mol. The van der Waals surface area contributed by atoms with Crippen molar-refractivity contribution in [1.82, 2.24) is 0 Å². The molecule has 0 saturated carbocycles. The molecular weight excluding hydrogens is 180 g/mol. The van der Waals surface area contributed by atoms with Crippen molar-refractivity contribution in [3.05, 3.63) is 41.3 Å². The Hall–Kier alpha value is -0.930. The lowest BCUT2D eigenvalue weighted by molar-refractivity contribution is 0.983. The molecule has 0 atom stereocenters. The highest BCUT2D eigenvalue weighted by atomic mass is 35.5. The van der Waals surface area contributed by atoms with Gasteiger partial charge in [0, 0.05) is 11.4 Å². The van der Waals surface area contributed by atoms with Gasteiger partial charge in [0.25, 0.3) is 0 Å². The molecule has 1 aromatic rings. The van der Waals surface area contributed by atoms with Crippen LogP contribution in [0.4, 0.5) is 0 Å². The maximum Gasteiger partial charge on any atom is 0.0630 e. The van der Waals surface area contributed by atoms with E-state index in [0.29, 0.717) is 0 Å². The second kappa shape index (κ2) is 5.67. The Morgan fingerprint density at radius 1 is 1.31 bits per heavy atom. The van der Waals surface area contributed by atoms with Gasteiger partial charge in [0.2, 0.25) is 0 Å². The summed E-state index contributed by atoms with van der Waals surface area (Å²) in [5.74, 6) is 6.06. The number of hydrogen-bond donors (Lipinski definition) is 0. The maximum atomic E-state index is 5.75. The van der Waals surface area contributed by atoms with E-state index in [1.54, 1.807) is 0 Å². The summed E-state index contributed by atoms with van der Waals surface area (Å²) in [5, 5.41) is 0.763. The Kier molecular flexibility index (Phi) is 4.43. The predicted octanol–water partition coefficient (Wildman–Crippen LogP) is 3.70. The summed E-state index contributed by atoms with van der Waals surface area (Å²) in [5.41, 5.74) is 1.10. The minimum absolute atomic E-state index is 0.763. The van der Waals surface area contributed by atoms with Crippen LogP contribution in [-0.4, -0.2) is 0 Å². The molecular formula is C12H12Cl. The lowest BCUT2D eigenvalue weighted by Crippen LogP contribution is -1.76. The third-order valence-electron chi connectivity index (χ3n) is 1.59. The van der Waals surface area contributed by atoms with Gasteiger partial charge in [-0.05, 0) is 24.1 Å². The molecule has 0 aromatic heterocycles. The fourth-order valence-corrected chi connectivity index (χ4v) is 1.02. The molecule has 67 valence electrons. The first kappa shape index (κ1) is 10.2. The number of halogens is 1. The zero-order chi connectivity index (χ0) is 9.52. The summed E-state index contributed by atoms with van der Waals surface area (Å²) in [6.45, 7) is 2.12. The summed E-state index contributed by atoms with van der Waals surface area (Å²) < 4.78 is 0. The van der Waals surface area contributed by atoms with Gasteiger partial charge in [0.05, 0.1) is 6.42 Å². The van der Waals surface area contributed by atoms with Crippen LogP contribution in [0.15, 0.2) is 24.3 Å². The second-order valence-electron chi connectivity index (χ2n) is 2.77. The van der Waals surface area contributed by atoms with Gasteiger partial charge in [-0.3, -0.25) is 0 Å². The standard InChI is InChI=1S/C12H12Cl/c1-2-3-4-5-6-11-7-9-12(13)10-8-11/h6-10H,2-3H2,1H3. The molecule has 0 N–H and O–H groups in total. The van der Waals surface area contributed by atoms with Crippen molar-refractivity contribution in [2.75, 3.05) is 0 Å². The smallest absolute Gasteiger partial charge is 0.0630 e. The molecule has 0 unspecified atom stereocenters. The van der Waals surface area contributed by atoms with Gasteiger partial charge in [0.15, 0.2) is 0 Å². The van der Waals surface area contributed by atoms with Gasteiger partial charge in [0.1, 0.15) is 0 Å². The van der Waals surface area contributed by atoms with Gasteiger partial charge in [-0.1, -0.05) is 36.6 Å². The topological polar surface area (TPSA) is 0 Å². The summed E-state index contributed by atoms with van der Waals surface area (Å²) in [6.07, 6.45) is 3.98. The maximum absolute atomic E-state index is 5.75. The number of benzene rings is 1. The molecule has 0 aliphatic carbocycles. The highest BCUT2D eigenvalue weighted by Gasteiger charge is 1.89. The average molecular weight is 192 g/mol. The van der Waals surface area contributed by atoms with Crippen molar-refractivity contribution in [1.29, 1.82) is 0 Å². The van der Waals surface area contributed by atoms with Crippen LogP contribution >= 0.6 is 11.6 Å². The monoisotopic (exact) mass is 191 g/mol. The molecule has 0 heterocycles. The zero-order valence-corrected chi connectivity index (χ0v) is 8.43. The van der Waals surface area contributed by atoms with E-state index in [-0.39, 0.29) is 0 Å². The molecule has 0 aliphatic rings. The highest BCUT2D eigenvalue weighted by molar-refractivity contribution is 6.30. The van der Waals surface area contributed by atoms with E-state index in [4.69, 9.17) is 11.6 Å². The van der Waals surface area contributed by atoms with Gasteiger partial charge >= 0.3 is 0 Å². The van der Waals surface area contributed by atoms with Crippen molar-refractivity contribution < 1.29 is 0 Å². The molecule has 1 rings (SSSR count). The Morgan fingerprint density at radius 3 is 2.62 bits per heavy atom. The Bertz CT molecular complexity index is 300. The van der Waals surface area contributed by atoms with E-state index in [9.17, 15) is 0 Å². The molecule has 0 nitrogen and oxygen atoms in total. The average Bonchev–Trinajstić information content (AvgIpc) is 2.15. The lowest BCUT2D eigenvalue weighted by atomic mass is 10.1. The molecule has 1 aromatic carbocycles. The molecule has 13 heavy (non-hydrogen) atoms. The van der Waals surface area contributed by atoms with Crippen molar-refractivity contribution in [3.8, 4) is 11.8 Å². The van der Waals surface area contributed by atoms with Crippen molar-refractivity contribution in [3.63, 3.8) is 0 Å². The molecule has 0 bridgehead atoms. The molecule has 0 amide bonds. The summed E-state index contributed by atoms with van der Waals surface area (Å²) in [4.78, 5) is 0. The first-order valence-corrected chi connectivity index (χ1v) is 4.78. The van der Waals surface area contributed by atoms with Gasteiger partial charge in [-0.25, -0.2) is 0 Å². The van der Waals surface area contributed by atoms with Gasteiger partial charge in [-0.2, -0.15) is 0 Å². The van der Waals surface area contributed by atoms with E-state index in [2.05, 4.69) is 18.8 Å². The zero-order valence-electron chi connectivity index (χ0n) is 7.68. The number of hydrogen-bond acceptors (Lipinski definition) is 0. The molecule has 1 heteroatoms. The Labute approximate surface area is 84.9 Å². The summed E-state index contributed by atoms with van der Waals surface area (Å²) in [7, 11) is 0. The van der Waals surface area contributed by atoms with Crippen molar-refractivity contribution in [2.24, 2.45) is 0 Å². The molecule has 0 spiro atoms. The molecule has 0 saturated heterocycles. The number of rotatable bonds is 2. The molecule has 1 radical (unpaired) electrons. The van der Waals surface area contributed by atoms with Crippen LogP contribution < -0.4 is 0 Å². The van der Waals surface area contributed by atoms with Crippen molar-refractivity contribution in [2.45, 2.75) is 19.8 Å². The second-order valence-corrected chi connectivity index (χ2v) is 3.20. The van der Waals surface area contributed by atoms with E-state index in [1.165, 1.54) is 0 Å². The third-order valence-corrected chi connectivity index (χ3v) is 1.84. The summed E-state index contributed by atoms with van der Waals surface area (Å²) in [6, 6.07) is 7.66. The van der Waals surface area contributed by atoms with E-state index in [0.717, 1.165) is 23.4 Å². The SMILES string of the molecule is CCCC#C[CH]c1ccc(Cl)cc1. The Morgan fingerprint density at radius 2 is 2.00 bits per heavy atom.